The number of methoxy groups -OCH3 is 1. The molecule has 1 fully saturated rings. The highest BCUT2D eigenvalue weighted by atomic mass is 79.9. The van der Waals surface area contributed by atoms with Gasteiger partial charge in [0.1, 0.15) is 22.8 Å². The van der Waals surface area contributed by atoms with E-state index in [0.717, 1.165) is 45.6 Å². The molecule has 0 saturated carbocycles. The number of halogens is 1. The molecule has 0 radical (unpaired) electrons. The Morgan fingerprint density at radius 1 is 1.10 bits per heavy atom. The van der Waals surface area contributed by atoms with Crippen LogP contribution in [0, 0.1) is 6.92 Å². The lowest BCUT2D eigenvalue weighted by molar-refractivity contribution is -0.138. The molecule has 1 aromatic heterocycles. The summed E-state index contributed by atoms with van der Waals surface area (Å²) in [5.41, 5.74) is 2.03. The number of benzene rings is 2. The van der Waals surface area contributed by atoms with E-state index in [2.05, 4.69) is 39.9 Å². The van der Waals surface area contributed by atoms with Gasteiger partial charge in [-0.15, -0.1) is 0 Å². The normalized spacial score (nSPS) is 15.1. The lowest BCUT2D eigenvalue weighted by Gasteiger charge is -2.36. The number of hydrogen-bond acceptors (Lipinski definition) is 5. The second kappa shape index (κ2) is 9.14. The van der Waals surface area contributed by atoms with Crippen LogP contribution in [0.4, 0.5) is 5.82 Å². The molecule has 0 N–H and O–H groups in total. The lowest BCUT2D eigenvalue weighted by atomic mass is 10.1. The van der Waals surface area contributed by atoms with Gasteiger partial charge in [0.2, 0.25) is 0 Å². The molecule has 7 heteroatoms. The number of piperazine rings is 1. The quantitative estimate of drug-likeness (QED) is 0.537. The molecule has 1 saturated heterocycles. The molecule has 0 aliphatic carbocycles. The van der Waals surface area contributed by atoms with Crippen molar-refractivity contribution in [2.75, 3.05) is 38.2 Å². The number of para-hydroxylation sites is 1. The predicted octanol–water partition coefficient (Wildman–Crippen LogP) is 4.43. The summed E-state index contributed by atoms with van der Waals surface area (Å²) in [6, 6.07) is 15.6. The number of carbonyl (C=O) groups is 1. The highest BCUT2D eigenvalue weighted by Crippen LogP contribution is 2.29. The van der Waals surface area contributed by atoms with Crippen molar-refractivity contribution in [1.29, 1.82) is 0 Å². The molecule has 1 atom stereocenters. The fraction of sp³-hybridized carbons (Fsp3) is 0.333. The summed E-state index contributed by atoms with van der Waals surface area (Å²) < 4.78 is 12.3. The van der Waals surface area contributed by atoms with Crippen molar-refractivity contribution in [3.05, 3.63) is 58.6 Å². The molecule has 6 nitrogen and oxygen atoms in total. The Balaban J connectivity index is 1.42. The molecule has 0 spiro atoms. The number of aryl methyl sites for hydroxylation is 1. The van der Waals surface area contributed by atoms with Crippen molar-refractivity contribution >= 4 is 38.6 Å². The number of anilines is 1. The molecular weight excluding hydrogens is 458 g/mol. The van der Waals surface area contributed by atoms with Crippen LogP contribution in [0.25, 0.3) is 10.9 Å². The lowest BCUT2D eigenvalue weighted by Crippen LogP contribution is -2.52. The zero-order valence-electron chi connectivity index (χ0n) is 18.0. The molecule has 1 aliphatic rings. The second-order valence-electron chi connectivity index (χ2n) is 7.68. The van der Waals surface area contributed by atoms with Crippen molar-refractivity contribution in [3.63, 3.8) is 0 Å². The van der Waals surface area contributed by atoms with Gasteiger partial charge in [-0.25, -0.2) is 4.98 Å². The zero-order chi connectivity index (χ0) is 22.0. The SMILES string of the molecule is COc1cccc2c(C)cc(N3CCN(C(=O)C(C)Oc4ccc(Br)cc4)CC3)nc12. The number of hydrogen-bond donors (Lipinski definition) is 0. The first-order chi connectivity index (χ1) is 15.0. The van der Waals surface area contributed by atoms with Crippen molar-refractivity contribution < 1.29 is 14.3 Å². The Morgan fingerprint density at radius 3 is 2.48 bits per heavy atom. The van der Waals surface area contributed by atoms with Crippen LogP contribution in [0.3, 0.4) is 0 Å². The number of fused-ring (bicyclic) bond motifs is 1. The molecule has 1 unspecified atom stereocenters. The summed E-state index contributed by atoms with van der Waals surface area (Å²) in [5.74, 6) is 2.38. The number of aromatic nitrogens is 1. The van der Waals surface area contributed by atoms with E-state index < -0.39 is 6.10 Å². The van der Waals surface area contributed by atoms with Crippen LogP contribution in [0.15, 0.2) is 53.0 Å². The predicted molar refractivity (Wildman–Crippen MR) is 126 cm³/mol. The van der Waals surface area contributed by atoms with Crippen molar-refractivity contribution in [3.8, 4) is 11.5 Å². The smallest absolute Gasteiger partial charge is 0.263 e. The van der Waals surface area contributed by atoms with Crippen LogP contribution >= 0.6 is 15.9 Å². The van der Waals surface area contributed by atoms with E-state index >= 15 is 0 Å². The van der Waals surface area contributed by atoms with Gasteiger partial charge in [0.25, 0.3) is 5.91 Å². The van der Waals surface area contributed by atoms with Crippen LogP contribution < -0.4 is 14.4 Å². The van der Waals surface area contributed by atoms with Crippen LogP contribution in [-0.2, 0) is 4.79 Å². The Kier molecular flexibility index (Phi) is 6.32. The largest absolute Gasteiger partial charge is 0.494 e. The molecule has 0 bridgehead atoms. The minimum Gasteiger partial charge on any atom is -0.494 e. The monoisotopic (exact) mass is 483 g/mol. The van der Waals surface area contributed by atoms with Crippen molar-refractivity contribution in [2.24, 2.45) is 0 Å². The first-order valence-electron chi connectivity index (χ1n) is 10.4. The number of rotatable bonds is 5. The molecule has 4 rings (SSSR count). The zero-order valence-corrected chi connectivity index (χ0v) is 19.6. The third-order valence-corrected chi connectivity index (χ3v) is 6.13. The van der Waals surface area contributed by atoms with E-state index in [9.17, 15) is 4.79 Å². The number of nitrogens with zero attached hydrogens (tertiary/aromatic N) is 3. The number of amides is 1. The molecule has 2 aromatic carbocycles. The van der Waals surface area contributed by atoms with E-state index in [1.54, 1.807) is 14.0 Å². The summed E-state index contributed by atoms with van der Waals surface area (Å²) >= 11 is 3.41. The summed E-state index contributed by atoms with van der Waals surface area (Å²) in [6.45, 7) is 6.62. The molecule has 2 heterocycles. The summed E-state index contributed by atoms with van der Waals surface area (Å²) in [6.07, 6.45) is -0.530. The Morgan fingerprint density at radius 2 is 1.81 bits per heavy atom. The van der Waals surface area contributed by atoms with E-state index in [0.29, 0.717) is 18.8 Å². The summed E-state index contributed by atoms with van der Waals surface area (Å²) in [5, 5.41) is 1.09. The summed E-state index contributed by atoms with van der Waals surface area (Å²) in [4.78, 5) is 21.8. The minimum absolute atomic E-state index is 0.00638. The van der Waals surface area contributed by atoms with Crippen molar-refractivity contribution in [2.45, 2.75) is 20.0 Å². The number of ether oxygens (including phenoxy) is 2. The molecule has 31 heavy (non-hydrogen) atoms. The molecule has 1 aliphatic heterocycles. The molecule has 162 valence electrons. The topological polar surface area (TPSA) is 54.9 Å². The van der Waals surface area contributed by atoms with Gasteiger partial charge in [0, 0.05) is 36.0 Å². The molecule has 1 amide bonds. The maximum atomic E-state index is 12.9. The van der Waals surface area contributed by atoms with Gasteiger partial charge >= 0.3 is 0 Å². The number of carbonyl (C=O) groups excluding carboxylic acids is 1. The van der Waals surface area contributed by atoms with Crippen LogP contribution in [0.1, 0.15) is 12.5 Å². The third-order valence-electron chi connectivity index (χ3n) is 5.61. The number of pyridine rings is 1. The Bertz CT molecular complexity index is 1080. The van der Waals surface area contributed by atoms with Crippen LogP contribution in [0.2, 0.25) is 0 Å². The standard InChI is InChI=1S/C24H26BrN3O3/c1-16-15-22(26-23-20(16)5-4-6-21(23)30-3)27-11-13-28(14-12-27)24(29)17(2)31-19-9-7-18(25)8-10-19/h4-10,15,17H,11-14H2,1-3H3. The Labute approximate surface area is 190 Å². The van der Waals surface area contributed by atoms with Gasteiger partial charge in [0.05, 0.1) is 7.11 Å². The average molecular weight is 484 g/mol. The first-order valence-corrected chi connectivity index (χ1v) is 11.2. The Hall–Kier alpha value is -2.80. The van der Waals surface area contributed by atoms with Crippen molar-refractivity contribution in [1.82, 2.24) is 9.88 Å². The first kappa shape index (κ1) is 21.4. The van der Waals surface area contributed by atoms with Crippen LogP contribution in [-0.4, -0.2) is 55.2 Å². The minimum atomic E-state index is -0.530. The van der Waals surface area contributed by atoms with Gasteiger partial charge in [-0.1, -0.05) is 28.1 Å². The van der Waals surface area contributed by atoms with Gasteiger partial charge in [-0.2, -0.15) is 0 Å². The van der Waals surface area contributed by atoms with Gasteiger partial charge in [0.15, 0.2) is 6.10 Å². The van der Waals surface area contributed by atoms with Gasteiger partial charge in [-0.3, -0.25) is 4.79 Å². The van der Waals surface area contributed by atoms with Gasteiger partial charge in [-0.05, 0) is 55.8 Å². The fourth-order valence-electron chi connectivity index (χ4n) is 3.88. The molecule has 3 aromatic rings. The van der Waals surface area contributed by atoms with E-state index in [1.165, 1.54) is 0 Å². The highest BCUT2D eigenvalue weighted by molar-refractivity contribution is 9.10. The van der Waals surface area contributed by atoms with Crippen LogP contribution in [0.5, 0.6) is 11.5 Å². The maximum absolute atomic E-state index is 12.9. The highest BCUT2D eigenvalue weighted by Gasteiger charge is 2.27. The second-order valence-corrected chi connectivity index (χ2v) is 8.60. The summed E-state index contributed by atoms with van der Waals surface area (Å²) in [7, 11) is 1.67. The average Bonchev–Trinajstić information content (AvgIpc) is 2.79. The maximum Gasteiger partial charge on any atom is 0.263 e. The van der Waals surface area contributed by atoms with E-state index in [-0.39, 0.29) is 5.91 Å². The molecular formula is C24H26BrN3O3. The fourth-order valence-corrected chi connectivity index (χ4v) is 4.15. The third kappa shape index (κ3) is 4.61. The van der Waals surface area contributed by atoms with Gasteiger partial charge < -0.3 is 19.3 Å². The van der Waals surface area contributed by atoms with E-state index in [4.69, 9.17) is 14.5 Å². The van der Waals surface area contributed by atoms with E-state index in [1.807, 2.05) is 41.3 Å².